The molecular weight excluding hydrogens is 288 g/mol. The van der Waals surface area contributed by atoms with Gasteiger partial charge in [0.05, 0.1) is 0 Å². The van der Waals surface area contributed by atoms with Crippen LogP contribution in [0.4, 0.5) is 11.5 Å². The van der Waals surface area contributed by atoms with E-state index in [2.05, 4.69) is 10.3 Å². The van der Waals surface area contributed by atoms with E-state index in [1.807, 2.05) is 18.3 Å². The van der Waals surface area contributed by atoms with E-state index in [4.69, 9.17) is 11.5 Å². The van der Waals surface area contributed by atoms with Crippen molar-refractivity contribution in [2.24, 2.45) is 11.5 Å². The molecular formula is C15H17ClN4O. The second kappa shape index (κ2) is 6.11. The molecule has 1 amide bonds. The van der Waals surface area contributed by atoms with Crippen LogP contribution in [0.5, 0.6) is 0 Å². The molecule has 0 radical (unpaired) electrons. The summed E-state index contributed by atoms with van der Waals surface area (Å²) in [6, 6.07) is 11.2. The average molecular weight is 305 g/mol. The Kier molecular flexibility index (Phi) is 4.45. The number of hydrogen-bond donors (Lipinski definition) is 3. The van der Waals surface area contributed by atoms with Gasteiger partial charge in [0.2, 0.25) is 5.91 Å². The minimum Gasteiger partial charge on any atom is -0.366 e. The lowest BCUT2D eigenvalue weighted by molar-refractivity contribution is 0.100. The van der Waals surface area contributed by atoms with Crippen molar-refractivity contribution in [2.45, 2.75) is 18.4 Å². The molecule has 0 saturated heterocycles. The first-order valence-electron chi connectivity index (χ1n) is 6.52. The number of nitrogens with one attached hydrogen (secondary N) is 1. The molecule has 5 N–H and O–H groups in total. The third-order valence-electron chi connectivity index (χ3n) is 3.50. The van der Waals surface area contributed by atoms with E-state index in [-0.39, 0.29) is 18.4 Å². The predicted molar refractivity (Wildman–Crippen MR) is 85.1 cm³/mol. The maximum atomic E-state index is 11.0. The fourth-order valence-corrected chi connectivity index (χ4v) is 2.16. The van der Waals surface area contributed by atoms with E-state index < -0.39 is 5.91 Å². The highest BCUT2D eigenvalue weighted by Gasteiger charge is 2.34. The smallest absolute Gasteiger partial charge is 0.248 e. The average Bonchev–Trinajstić information content (AvgIpc) is 3.17. The monoisotopic (exact) mass is 304 g/mol. The summed E-state index contributed by atoms with van der Waals surface area (Å²) in [5.41, 5.74) is 13.5. The molecule has 1 aromatic heterocycles. The summed E-state index contributed by atoms with van der Waals surface area (Å²) < 4.78 is 0. The van der Waals surface area contributed by atoms with Crippen molar-refractivity contribution in [1.82, 2.24) is 4.98 Å². The summed E-state index contributed by atoms with van der Waals surface area (Å²) in [4.78, 5) is 15.4. The van der Waals surface area contributed by atoms with Gasteiger partial charge in [0.25, 0.3) is 0 Å². The molecule has 1 fully saturated rings. The number of anilines is 2. The Balaban J connectivity index is 0.00000161. The van der Waals surface area contributed by atoms with Crippen LogP contribution in [0.1, 0.15) is 28.3 Å². The summed E-state index contributed by atoms with van der Waals surface area (Å²) in [6.07, 6.45) is 2.90. The molecule has 21 heavy (non-hydrogen) atoms. The Labute approximate surface area is 129 Å². The number of nitrogens with zero attached hydrogens (tertiary/aromatic N) is 1. The first-order chi connectivity index (χ1) is 9.63. The summed E-state index contributed by atoms with van der Waals surface area (Å²) in [5, 5.41) is 3.17. The van der Waals surface area contributed by atoms with Crippen molar-refractivity contribution in [3.63, 3.8) is 0 Å². The van der Waals surface area contributed by atoms with Gasteiger partial charge in [0.1, 0.15) is 5.82 Å². The molecule has 3 rings (SSSR count). The summed E-state index contributed by atoms with van der Waals surface area (Å²) >= 11 is 0. The highest BCUT2D eigenvalue weighted by Crippen LogP contribution is 2.38. The normalized spacial score (nSPS) is 19.5. The number of carbonyl (C=O) groups excluding carboxylic acids is 1. The minimum atomic E-state index is -0.431. The molecule has 0 bridgehead atoms. The van der Waals surface area contributed by atoms with Gasteiger partial charge in [-0.15, -0.1) is 12.4 Å². The van der Waals surface area contributed by atoms with Crippen LogP contribution in [0.25, 0.3) is 0 Å². The molecule has 1 saturated carbocycles. The van der Waals surface area contributed by atoms with Gasteiger partial charge in [-0.1, -0.05) is 6.07 Å². The zero-order chi connectivity index (χ0) is 14.1. The van der Waals surface area contributed by atoms with Gasteiger partial charge in [0, 0.05) is 29.4 Å². The zero-order valence-corrected chi connectivity index (χ0v) is 12.1. The fraction of sp³-hybridized carbons (Fsp3) is 0.200. The van der Waals surface area contributed by atoms with Crippen molar-refractivity contribution in [1.29, 1.82) is 0 Å². The third kappa shape index (κ3) is 3.51. The molecule has 1 heterocycles. The van der Waals surface area contributed by atoms with Gasteiger partial charge >= 0.3 is 0 Å². The topological polar surface area (TPSA) is 94.0 Å². The molecule has 0 spiro atoms. The van der Waals surface area contributed by atoms with E-state index in [1.165, 1.54) is 5.56 Å². The van der Waals surface area contributed by atoms with Crippen molar-refractivity contribution >= 4 is 29.8 Å². The van der Waals surface area contributed by atoms with Gasteiger partial charge < -0.3 is 16.8 Å². The van der Waals surface area contributed by atoms with Crippen LogP contribution in [0.3, 0.4) is 0 Å². The zero-order valence-electron chi connectivity index (χ0n) is 11.3. The van der Waals surface area contributed by atoms with Crippen LogP contribution >= 0.6 is 12.4 Å². The molecule has 110 valence electrons. The molecule has 2 atom stereocenters. The van der Waals surface area contributed by atoms with E-state index in [9.17, 15) is 4.79 Å². The highest BCUT2D eigenvalue weighted by atomic mass is 35.5. The van der Waals surface area contributed by atoms with Gasteiger partial charge in [-0.3, -0.25) is 4.79 Å². The van der Waals surface area contributed by atoms with Crippen LogP contribution < -0.4 is 16.8 Å². The van der Waals surface area contributed by atoms with E-state index in [1.54, 1.807) is 24.3 Å². The number of rotatable bonds is 4. The number of halogens is 1. The van der Waals surface area contributed by atoms with Crippen molar-refractivity contribution in [3.05, 3.63) is 53.7 Å². The lowest BCUT2D eigenvalue weighted by Crippen LogP contribution is -2.10. The van der Waals surface area contributed by atoms with Gasteiger partial charge in [-0.2, -0.15) is 0 Å². The van der Waals surface area contributed by atoms with E-state index >= 15 is 0 Å². The maximum Gasteiger partial charge on any atom is 0.248 e. The number of primary amides is 1. The number of benzene rings is 1. The maximum absolute atomic E-state index is 11.0. The fourth-order valence-electron chi connectivity index (χ4n) is 2.16. The lowest BCUT2D eigenvalue weighted by Gasteiger charge is -2.07. The van der Waals surface area contributed by atoms with Crippen LogP contribution in [0.2, 0.25) is 0 Å². The van der Waals surface area contributed by atoms with Crippen LogP contribution in [-0.4, -0.2) is 16.9 Å². The molecule has 1 aromatic carbocycles. The molecule has 6 heteroatoms. The van der Waals surface area contributed by atoms with Gasteiger partial charge in [-0.05, 0) is 42.3 Å². The summed E-state index contributed by atoms with van der Waals surface area (Å²) in [5.74, 6) is 0.793. The van der Waals surface area contributed by atoms with Gasteiger partial charge in [-0.25, -0.2) is 4.98 Å². The molecule has 0 aliphatic heterocycles. The summed E-state index contributed by atoms with van der Waals surface area (Å²) in [7, 11) is 0. The Morgan fingerprint density at radius 2 is 1.86 bits per heavy atom. The molecule has 1 aliphatic carbocycles. The SMILES string of the molecule is Cl.NC(=O)c1ccc(Nc2ccc([C@H]3C[C@@H]3N)cn2)cc1. The van der Waals surface area contributed by atoms with Crippen LogP contribution in [0, 0.1) is 0 Å². The van der Waals surface area contributed by atoms with Crippen molar-refractivity contribution < 1.29 is 4.79 Å². The first kappa shape index (κ1) is 15.3. The third-order valence-corrected chi connectivity index (χ3v) is 3.50. The van der Waals surface area contributed by atoms with Crippen molar-refractivity contribution in [2.75, 3.05) is 5.32 Å². The quantitative estimate of drug-likeness (QED) is 0.807. The number of amides is 1. The standard InChI is InChI=1S/C15H16N4O.ClH/c16-13-7-12(13)10-3-6-14(18-8-10)19-11-4-1-9(2-5-11)15(17)20;/h1-6,8,12-13H,7,16H2,(H2,17,20)(H,18,19);1H/t12-,13+;/m1./s1. The Morgan fingerprint density at radius 1 is 1.19 bits per heavy atom. The molecule has 0 unspecified atom stereocenters. The number of nitrogens with two attached hydrogens (primary N) is 2. The number of hydrogen-bond acceptors (Lipinski definition) is 4. The highest BCUT2D eigenvalue weighted by molar-refractivity contribution is 5.93. The second-order valence-corrected chi connectivity index (χ2v) is 5.05. The van der Waals surface area contributed by atoms with E-state index in [0.717, 1.165) is 17.9 Å². The largest absolute Gasteiger partial charge is 0.366 e. The van der Waals surface area contributed by atoms with Gasteiger partial charge in [0.15, 0.2) is 0 Å². The van der Waals surface area contributed by atoms with Crippen molar-refractivity contribution in [3.8, 4) is 0 Å². The Morgan fingerprint density at radius 3 is 2.33 bits per heavy atom. The van der Waals surface area contributed by atoms with Crippen LogP contribution in [0.15, 0.2) is 42.6 Å². The Hall–Kier alpha value is -2.11. The first-order valence-corrected chi connectivity index (χ1v) is 6.52. The number of pyridine rings is 1. The molecule has 5 nitrogen and oxygen atoms in total. The summed E-state index contributed by atoms with van der Waals surface area (Å²) in [6.45, 7) is 0. The molecule has 2 aromatic rings. The minimum absolute atomic E-state index is 0. The Bertz CT molecular complexity index is 627. The van der Waals surface area contributed by atoms with Crippen LogP contribution in [-0.2, 0) is 0 Å². The lowest BCUT2D eigenvalue weighted by atomic mass is 10.2. The number of aromatic nitrogens is 1. The van der Waals surface area contributed by atoms with E-state index in [0.29, 0.717) is 11.5 Å². The number of carbonyl (C=O) groups is 1. The predicted octanol–water partition coefficient (Wildman–Crippen LogP) is 2.16. The second-order valence-electron chi connectivity index (χ2n) is 5.05. The molecule has 1 aliphatic rings.